The van der Waals surface area contributed by atoms with Crippen LogP contribution in [0.2, 0.25) is 0 Å². The molecule has 0 radical (unpaired) electrons. The van der Waals surface area contributed by atoms with E-state index in [0.717, 1.165) is 24.3 Å². The second-order valence-electron chi connectivity index (χ2n) is 6.42. The van der Waals surface area contributed by atoms with Crippen LogP contribution in [0.25, 0.3) is 22.3 Å². The number of rotatable bonds is 5. The van der Waals surface area contributed by atoms with Gasteiger partial charge in [-0.1, -0.05) is 30.3 Å². The third-order valence-corrected chi connectivity index (χ3v) is 4.42. The second kappa shape index (κ2) is 7.59. The standard InChI is InChI=1S/C21H12N2O8/c24-16-9-14(30-18-7-6-13(22(26)27)8-15(18)23(28)29)10-20-21(16)17(25)11-19(31-20)12-4-2-1-3-5-12/h1-11,24H. The number of ether oxygens (including phenoxy) is 1. The third-order valence-electron chi connectivity index (χ3n) is 4.42. The average molecular weight is 420 g/mol. The molecule has 0 amide bonds. The Labute approximate surface area is 172 Å². The maximum atomic E-state index is 12.5. The molecule has 4 rings (SSSR count). The summed E-state index contributed by atoms with van der Waals surface area (Å²) >= 11 is 0. The minimum atomic E-state index is -0.823. The summed E-state index contributed by atoms with van der Waals surface area (Å²) in [6.45, 7) is 0. The molecule has 1 aromatic heterocycles. The van der Waals surface area contributed by atoms with Crippen LogP contribution in [0.5, 0.6) is 17.2 Å². The highest BCUT2D eigenvalue weighted by atomic mass is 16.6. The number of phenols is 1. The number of hydrogen-bond donors (Lipinski definition) is 1. The fourth-order valence-electron chi connectivity index (χ4n) is 3.02. The van der Waals surface area contributed by atoms with Crippen molar-refractivity contribution in [3.05, 3.63) is 97.2 Å². The summed E-state index contributed by atoms with van der Waals surface area (Å²) < 4.78 is 11.2. The molecule has 0 fully saturated rings. The molecule has 10 nitrogen and oxygen atoms in total. The molecule has 0 atom stereocenters. The van der Waals surface area contributed by atoms with Crippen molar-refractivity contribution in [2.75, 3.05) is 0 Å². The van der Waals surface area contributed by atoms with Crippen LogP contribution in [0.15, 0.2) is 75.9 Å². The molecule has 3 aromatic carbocycles. The summed E-state index contributed by atoms with van der Waals surface area (Å²) in [5, 5.41) is 32.4. The van der Waals surface area contributed by atoms with Crippen molar-refractivity contribution in [3.8, 4) is 28.6 Å². The Bertz CT molecular complexity index is 1400. The van der Waals surface area contributed by atoms with E-state index in [1.54, 1.807) is 30.3 Å². The lowest BCUT2D eigenvalue weighted by atomic mass is 10.1. The van der Waals surface area contributed by atoms with Crippen molar-refractivity contribution in [1.29, 1.82) is 0 Å². The summed E-state index contributed by atoms with van der Waals surface area (Å²) in [4.78, 5) is 33.1. The minimum absolute atomic E-state index is 0.00548. The number of aromatic hydroxyl groups is 1. The van der Waals surface area contributed by atoms with Crippen molar-refractivity contribution in [2.24, 2.45) is 0 Å². The maximum absolute atomic E-state index is 12.5. The largest absolute Gasteiger partial charge is 0.507 e. The molecular weight excluding hydrogens is 408 g/mol. The Balaban J connectivity index is 1.82. The van der Waals surface area contributed by atoms with Gasteiger partial charge in [0.15, 0.2) is 5.43 Å². The lowest BCUT2D eigenvalue weighted by molar-refractivity contribution is -0.394. The van der Waals surface area contributed by atoms with Crippen molar-refractivity contribution >= 4 is 22.3 Å². The predicted molar refractivity (Wildman–Crippen MR) is 109 cm³/mol. The van der Waals surface area contributed by atoms with Crippen molar-refractivity contribution in [3.63, 3.8) is 0 Å². The molecule has 0 saturated carbocycles. The summed E-state index contributed by atoms with van der Waals surface area (Å²) in [7, 11) is 0. The van der Waals surface area contributed by atoms with E-state index >= 15 is 0 Å². The molecule has 0 saturated heterocycles. The molecule has 154 valence electrons. The van der Waals surface area contributed by atoms with Crippen molar-refractivity contribution in [2.45, 2.75) is 0 Å². The quantitative estimate of drug-likeness (QED) is 0.359. The number of nitro groups is 2. The van der Waals surface area contributed by atoms with Gasteiger partial charge in [0.25, 0.3) is 5.69 Å². The zero-order valence-corrected chi connectivity index (χ0v) is 15.6. The number of phenolic OH excluding ortho intramolecular Hbond substituents is 1. The molecule has 0 aliphatic heterocycles. The van der Waals surface area contributed by atoms with Crippen molar-refractivity contribution < 1.29 is 24.1 Å². The van der Waals surface area contributed by atoms with E-state index in [4.69, 9.17) is 9.15 Å². The van der Waals surface area contributed by atoms with Crippen LogP contribution in [-0.4, -0.2) is 15.0 Å². The Morgan fingerprint density at radius 2 is 1.65 bits per heavy atom. The lowest BCUT2D eigenvalue weighted by Gasteiger charge is -2.09. The molecule has 0 bridgehead atoms. The van der Waals surface area contributed by atoms with E-state index < -0.39 is 32.4 Å². The van der Waals surface area contributed by atoms with Gasteiger partial charge in [-0.05, 0) is 6.07 Å². The third kappa shape index (κ3) is 3.77. The van der Waals surface area contributed by atoms with Gasteiger partial charge in [-0.15, -0.1) is 0 Å². The van der Waals surface area contributed by atoms with Crippen LogP contribution in [0.4, 0.5) is 11.4 Å². The van der Waals surface area contributed by atoms with Crippen LogP contribution >= 0.6 is 0 Å². The van der Waals surface area contributed by atoms with E-state index in [9.17, 15) is 30.1 Å². The van der Waals surface area contributed by atoms with Gasteiger partial charge in [-0.3, -0.25) is 25.0 Å². The topological polar surface area (TPSA) is 146 Å². The van der Waals surface area contributed by atoms with Crippen LogP contribution in [0.3, 0.4) is 0 Å². The van der Waals surface area contributed by atoms with Crippen LogP contribution in [0.1, 0.15) is 0 Å². The van der Waals surface area contributed by atoms with E-state index in [1.165, 1.54) is 12.1 Å². The summed E-state index contributed by atoms with van der Waals surface area (Å²) in [6.07, 6.45) is 0. The van der Waals surface area contributed by atoms with Gasteiger partial charge in [0.1, 0.15) is 28.2 Å². The first-order valence-corrected chi connectivity index (χ1v) is 8.80. The molecule has 1 N–H and O–H groups in total. The Kier molecular flexibility index (Phi) is 4.80. The molecule has 1 heterocycles. The smallest absolute Gasteiger partial charge is 0.318 e. The maximum Gasteiger partial charge on any atom is 0.318 e. The van der Waals surface area contributed by atoms with Gasteiger partial charge >= 0.3 is 5.69 Å². The fraction of sp³-hybridized carbons (Fsp3) is 0. The van der Waals surface area contributed by atoms with Gasteiger partial charge in [0, 0.05) is 29.8 Å². The lowest BCUT2D eigenvalue weighted by Crippen LogP contribution is -2.01. The SMILES string of the molecule is O=c1cc(-c2ccccc2)oc2cc(Oc3ccc([N+](=O)[O-])cc3[N+](=O)[O-])cc(O)c12. The van der Waals surface area contributed by atoms with E-state index in [1.807, 2.05) is 0 Å². The molecule has 31 heavy (non-hydrogen) atoms. The molecule has 4 aromatic rings. The Morgan fingerprint density at radius 1 is 0.903 bits per heavy atom. The number of fused-ring (bicyclic) bond motifs is 1. The molecule has 0 unspecified atom stereocenters. The van der Waals surface area contributed by atoms with Gasteiger partial charge in [0.05, 0.1) is 15.9 Å². The highest BCUT2D eigenvalue weighted by molar-refractivity contribution is 5.86. The van der Waals surface area contributed by atoms with Gasteiger partial charge in [-0.2, -0.15) is 0 Å². The Morgan fingerprint density at radius 3 is 2.32 bits per heavy atom. The normalized spacial score (nSPS) is 10.7. The fourth-order valence-corrected chi connectivity index (χ4v) is 3.02. The first-order valence-electron chi connectivity index (χ1n) is 8.80. The van der Waals surface area contributed by atoms with E-state index in [-0.39, 0.29) is 28.2 Å². The highest BCUT2D eigenvalue weighted by Crippen LogP contribution is 2.37. The number of nitro benzene ring substituents is 2. The zero-order valence-electron chi connectivity index (χ0n) is 15.6. The van der Waals surface area contributed by atoms with Gasteiger partial charge in [0.2, 0.25) is 5.75 Å². The number of non-ortho nitro benzene ring substituents is 1. The van der Waals surface area contributed by atoms with Gasteiger partial charge in [-0.25, -0.2) is 0 Å². The van der Waals surface area contributed by atoms with E-state index in [2.05, 4.69) is 0 Å². The van der Waals surface area contributed by atoms with Crippen molar-refractivity contribution in [1.82, 2.24) is 0 Å². The number of hydrogen-bond acceptors (Lipinski definition) is 8. The molecular formula is C21H12N2O8. The van der Waals surface area contributed by atoms with Crippen LogP contribution < -0.4 is 10.2 Å². The molecule has 10 heteroatoms. The van der Waals surface area contributed by atoms with E-state index in [0.29, 0.717) is 5.56 Å². The second-order valence-corrected chi connectivity index (χ2v) is 6.42. The number of benzene rings is 3. The summed E-state index contributed by atoms with van der Waals surface area (Å²) in [5.41, 5.74) is -0.943. The molecule has 0 aliphatic rings. The zero-order chi connectivity index (χ0) is 22.1. The predicted octanol–water partition coefficient (Wildman–Crippen LogP) is 4.77. The summed E-state index contributed by atoms with van der Waals surface area (Å²) in [5.74, 6) is -0.521. The minimum Gasteiger partial charge on any atom is -0.507 e. The summed E-state index contributed by atoms with van der Waals surface area (Å²) in [6, 6.07) is 15.4. The van der Waals surface area contributed by atoms with Crippen LogP contribution in [0, 0.1) is 20.2 Å². The first kappa shape index (κ1) is 19.6. The molecule has 0 aliphatic carbocycles. The number of nitrogens with zero attached hydrogens (tertiary/aromatic N) is 2. The Hall–Kier alpha value is -4.73. The highest BCUT2D eigenvalue weighted by Gasteiger charge is 2.22. The monoisotopic (exact) mass is 420 g/mol. The molecule has 0 spiro atoms. The first-order chi connectivity index (χ1) is 14.8. The van der Waals surface area contributed by atoms with Gasteiger partial charge < -0.3 is 14.3 Å². The average Bonchev–Trinajstić information content (AvgIpc) is 2.73. The van der Waals surface area contributed by atoms with Crippen LogP contribution in [-0.2, 0) is 0 Å².